The minimum absolute atomic E-state index is 0.283. The molecule has 7 nitrogen and oxygen atoms in total. The van der Waals surface area contributed by atoms with Gasteiger partial charge in [-0.3, -0.25) is 9.55 Å². The maximum atomic E-state index is 12.3. The van der Waals surface area contributed by atoms with Gasteiger partial charge in [-0.1, -0.05) is 42.5 Å². The summed E-state index contributed by atoms with van der Waals surface area (Å²) in [6.45, 7) is 0.463. The molecule has 0 unspecified atom stereocenters. The summed E-state index contributed by atoms with van der Waals surface area (Å²) >= 11 is 0. The van der Waals surface area contributed by atoms with Crippen LogP contribution >= 0.6 is 0 Å². The van der Waals surface area contributed by atoms with Crippen molar-refractivity contribution in [3.8, 4) is 34.1 Å². The monoisotopic (exact) mass is 465 g/mol. The predicted molar refractivity (Wildman–Crippen MR) is 134 cm³/mol. The van der Waals surface area contributed by atoms with Crippen LogP contribution in [0, 0.1) is 0 Å². The van der Waals surface area contributed by atoms with Gasteiger partial charge in [0.05, 0.1) is 26.3 Å². The molecule has 5 rings (SSSR count). The fourth-order valence-electron chi connectivity index (χ4n) is 3.88. The largest absolute Gasteiger partial charge is 0.493 e. The van der Waals surface area contributed by atoms with Gasteiger partial charge in [-0.05, 0) is 35.4 Å². The Labute approximate surface area is 202 Å². The van der Waals surface area contributed by atoms with Gasteiger partial charge in [-0.2, -0.15) is 0 Å². The van der Waals surface area contributed by atoms with E-state index in [0.717, 1.165) is 27.6 Å². The van der Waals surface area contributed by atoms with Crippen molar-refractivity contribution in [3.63, 3.8) is 0 Å². The summed E-state index contributed by atoms with van der Waals surface area (Å²) in [7, 11) is 3.19. The molecule has 0 saturated heterocycles. The number of nitrogens with zero attached hydrogens (tertiary/aromatic N) is 3. The second-order valence-electron chi connectivity index (χ2n) is 7.90. The van der Waals surface area contributed by atoms with E-state index in [4.69, 9.17) is 14.2 Å². The molecule has 0 saturated carbocycles. The lowest BCUT2D eigenvalue weighted by Crippen LogP contribution is -2.22. The summed E-state index contributed by atoms with van der Waals surface area (Å²) in [5.41, 5.74) is 3.27. The molecule has 3 aromatic carbocycles. The van der Waals surface area contributed by atoms with E-state index < -0.39 is 0 Å². The Hall–Kier alpha value is -4.65. The number of hydrogen-bond acceptors (Lipinski definition) is 6. The van der Waals surface area contributed by atoms with Crippen molar-refractivity contribution < 1.29 is 14.2 Å². The molecule has 0 aliphatic heterocycles. The molecule has 0 N–H and O–H groups in total. The van der Waals surface area contributed by atoms with Crippen molar-refractivity contribution in [3.05, 3.63) is 107 Å². The number of rotatable bonds is 7. The number of ether oxygens (including phenoxy) is 3. The molecular weight excluding hydrogens is 442 g/mol. The van der Waals surface area contributed by atoms with E-state index in [1.165, 1.54) is 0 Å². The van der Waals surface area contributed by atoms with Crippen LogP contribution in [-0.4, -0.2) is 28.8 Å². The normalized spacial score (nSPS) is 10.8. The molecule has 0 spiro atoms. The van der Waals surface area contributed by atoms with Crippen LogP contribution in [0.4, 0.5) is 0 Å². The fourth-order valence-corrected chi connectivity index (χ4v) is 3.88. The van der Waals surface area contributed by atoms with Crippen molar-refractivity contribution in [2.45, 2.75) is 6.54 Å². The van der Waals surface area contributed by atoms with Gasteiger partial charge in [-0.25, -0.2) is 9.78 Å². The van der Waals surface area contributed by atoms with Crippen molar-refractivity contribution in [2.75, 3.05) is 14.2 Å². The number of aromatic nitrogens is 3. The first-order chi connectivity index (χ1) is 17.1. The maximum Gasteiger partial charge on any atom is 0.347 e. The van der Waals surface area contributed by atoms with Crippen LogP contribution in [0.15, 0.2) is 96.2 Å². The SMILES string of the molecule is COc1cc2nccc(Oc3ccc(-c4cnc(=O)n(Cc5ccccc5)c4)cc3)c2cc1OC. The van der Waals surface area contributed by atoms with Gasteiger partial charge in [0, 0.05) is 35.6 Å². The summed E-state index contributed by atoms with van der Waals surface area (Å²) in [4.78, 5) is 20.7. The topological polar surface area (TPSA) is 75.5 Å². The molecule has 0 radical (unpaired) electrons. The molecule has 0 atom stereocenters. The highest BCUT2D eigenvalue weighted by Crippen LogP contribution is 2.37. The van der Waals surface area contributed by atoms with Gasteiger partial charge in [0.2, 0.25) is 0 Å². The molecule has 0 bridgehead atoms. The Morgan fingerprint density at radius 1 is 0.800 bits per heavy atom. The van der Waals surface area contributed by atoms with Crippen molar-refractivity contribution in [1.82, 2.24) is 14.5 Å². The molecular formula is C28H23N3O4. The van der Waals surface area contributed by atoms with Gasteiger partial charge in [0.15, 0.2) is 11.5 Å². The van der Waals surface area contributed by atoms with E-state index in [1.807, 2.05) is 79.0 Å². The maximum absolute atomic E-state index is 12.3. The average molecular weight is 466 g/mol. The van der Waals surface area contributed by atoms with Crippen LogP contribution in [0.5, 0.6) is 23.0 Å². The van der Waals surface area contributed by atoms with Crippen LogP contribution in [0.25, 0.3) is 22.0 Å². The summed E-state index contributed by atoms with van der Waals surface area (Å²) in [6, 6.07) is 23.0. The second-order valence-corrected chi connectivity index (χ2v) is 7.90. The zero-order chi connectivity index (χ0) is 24.2. The Bertz CT molecular complexity index is 1530. The molecule has 2 heterocycles. The lowest BCUT2D eigenvalue weighted by atomic mass is 10.1. The van der Waals surface area contributed by atoms with Crippen molar-refractivity contribution >= 4 is 10.9 Å². The predicted octanol–water partition coefficient (Wildman–Crippen LogP) is 5.32. The van der Waals surface area contributed by atoms with E-state index in [1.54, 1.807) is 31.2 Å². The summed E-state index contributed by atoms with van der Waals surface area (Å²) in [6.07, 6.45) is 5.11. The summed E-state index contributed by atoms with van der Waals surface area (Å²) in [5.74, 6) is 2.53. The molecule has 2 aromatic heterocycles. The molecule has 174 valence electrons. The van der Waals surface area contributed by atoms with Gasteiger partial charge in [0.1, 0.15) is 11.5 Å². The Balaban J connectivity index is 1.41. The third kappa shape index (κ3) is 4.70. The minimum Gasteiger partial charge on any atom is -0.493 e. The molecule has 0 aliphatic rings. The van der Waals surface area contributed by atoms with E-state index in [2.05, 4.69) is 9.97 Å². The first-order valence-electron chi connectivity index (χ1n) is 11.0. The van der Waals surface area contributed by atoms with Crippen molar-refractivity contribution in [1.29, 1.82) is 0 Å². The molecule has 0 amide bonds. The van der Waals surface area contributed by atoms with E-state index in [0.29, 0.717) is 29.5 Å². The van der Waals surface area contributed by atoms with E-state index in [-0.39, 0.29) is 5.69 Å². The van der Waals surface area contributed by atoms with Gasteiger partial charge in [0.25, 0.3) is 0 Å². The van der Waals surface area contributed by atoms with Gasteiger partial charge >= 0.3 is 5.69 Å². The zero-order valence-electron chi connectivity index (χ0n) is 19.3. The van der Waals surface area contributed by atoms with Crippen LogP contribution in [0.2, 0.25) is 0 Å². The van der Waals surface area contributed by atoms with Crippen LogP contribution in [0.3, 0.4) is 0 Å². The van der Waals surface area contributed by atoms with Crippen LogP contribution in [0.1, 0.15) is 5.56 Å². The first kappa shape index (κ1) is 22.2. The minimum atomic E-state index is -0.283. The third-order valence-corrected chi connectivity index (χ3v) is 5.67. The zero-order valence-corrected chi connectivity index (χ0v) is 19.3. The number of fused-ring (bicyclic) bond motifs is 1. The Kier molecular flexibility index (Phi) is 6.13. The number of pyridine rings is 1. The quantitative estimate of drug-likeness (QED) is 0.324. The van der Waals surface area contributed by atoms with Gasteiger partial charge in [-0.15, -0.1) is 0 Å². The van der Waals surface area contributed by atoms with E-state index in [9.17, 15) is 4.79 Å². The third-order valence-electron chi connectivity index (χ3n) is 5.67. The standard InChI is InChI=1S/C28H23N3O4/c1-33-26-14-23-24(15-27(26)34-2)29-13-12-25(23)35-22-10-8-20(9-11-22)21-16-30-28(32)31(18-21)17-19-6-4-3-5-7-19/h3-16,18H,17H2,1-2H3. The summed E-state index contributed by atoms with van der Waals surface area (Å²) < 4.78 is 18.6. The summed E-state index contributed by atoms with van der Waals surface area (Å²) in [5, 5.41) is 0.811. The Morgan fingerprint density at radius 3 is 2.29 bits per heavy atom. The highest BCUT2D eigenvalue weighted by atomic mass is 16.5. The van der Waals surface area contributed by atoms with E-state index >= 15 is 0 Å². The highest BCUT2D eigenvalue weighted by Gasteiger charge is 2.12. The number of hydrogen-bond donors (Lipinski definition) is 0. The smallest absolute Gasteiger partial charge is 0.347 e. The molecule has 7 heteroatoms. The average Bonchev–Trinajstić information content (AvgIpc) is 2.90. The van der Waals surface area contributed by atoms with Gasteiger partial charge < -0.3 is 14.2 Å². The van der Waals surface area contributed by atoms with Crippen LogP contribution in [-0.2, 0) is 6.54 Å². The molecule has 35 heavy (non-hydrogen) atoms. The lowest BCUT2D eigenvalue weighted by Gasteiger charge is -2.13. The molecule has 0 fully saturated rings. The number of methoxy groups -OCH3 is 2. The number of benzene rings is 3. The first-order valence-corrected chi connectivity index (χ1v) is 11.0. The molecule has 5 aromatic rings. The van der Waals surface area contributed by atoms with Crippen LogP contribution < -0.4 is 19.9 Å². The lowest BCUT2D eigenvalue weighted by molar-refractivity contribution is 0.355. The molecule has 0 aliphatic carbocycles. The highest BCUT2D eigenvalue weighted by molar-refractivity contribution is 5.88. The second kappa shape index (κ2) is 9.69. The fraction of sp³-hybridized carbons (Fsp3) is 0.107. The van der Waals surface area contributed by atoms with Crippen molar-refractivity contribution in [2.24, 2.45) is 0 Å². The Morgan fingerprint density at radius 2 is 1.54 bits per heavy atom.